The van der Waals surface area contributed by atoms with Crippen LogP contribution in [0, 0.1) is 12.8 Å². The molecule has 6 nitrogen and oxygen atoms in total. The Balaban J connectivity index is 1.79. The molecular formula is C22H32N2O4. The van der Waals surface area contributed by atoms with Crippen LogP contribution in [0.2, 0.25) is 0 Å². The molecule has 1 aromatic rings. The maximum absolute atomic E-state index is 12.7. The number of hydrogen-bond acceptors (Lipinski definition) is 4. The van der Waals surface area contributed by atoms with Gasteiger partial charge in [-0.15, -0.1) is 0 Å². The first-order valence-corrected chi connectivity index (χ1v) is 9.85. The van der Waals surface area contributed by atoms with Gasteiger partial charge < -0.3 is 14.5 Å². The lowest BCUT2D eigenvalue weighted by molar-refractivity contribution is -0.155. The van der Waals surface area contributed by atoms with Crippen LogP contribution in [0.3, 0.4) is 0 Å². The van der Waals surface area contributed by atoms with Gasteiger partial charge in [-0.05, 0) is 39.7 Å². The van der Waals surface area contributed by atoms with Gasteiger partial charge >= 0.3 is 5.97 Å². The van der Waals surface area contributed by atoms with Crippen molar-refractivity contribution in [1.29, 1.82) is 0 Å². The van der Waals surface area contributed by atoms with Crippen LogP contribution in [0.15, 0.2) is 24.3 Å². The van der Waals surface area contributed by atoms with Crippen molar-refractivity contribution >= 4 is 17.8 Å². The maximum Gasteiger partial charge on any atom is 0.306 e. The van der Waals surface area contributed by atoms with Crippen LogP contribution in [0.5, 0.6) is 0 Å². The zero-order valence-corrected chi connectivity index (χ0v) is 17.7. The molecule has 2 amide bonds. The standard InChI is InChI=1S/C22H32N2O4/c1-16-8-10-17(11-9-16)14-24-15-18(13-19(24)25)21(27)23(5)12-6-7-20(26)28-22(2,3)4/h8-11,18H,6-7,12-15H2,1-5H3. The molecule has 1 heterocycles. The Labute approximate surface area is 167 Å². The zero-order valence-electron chi connectivity index (χ0n) is 17.7. The van der Waals surface area contributed by atoms with Crippen molar-refractivity contribution in [2.75, 3.05) is 20.1 Å². The highest BCUT2D eigenvalue weighted by Crippen LogP contribution is 2.22. The van der Waals surface area contributed by atoms with Crippen molar-refractivity contribution in [3.63, 3.8) is 0 Å². The number of esters is 1. The number of nitrogens with zero attached hydrogens (tertiary/aromatic N) is 2. The van der Waals surface area contributed by atoms with E-state index in [4.69, 9.17) is 4.74 Å². The minimum atomic E-state index is -0.496. The Bertz CT molecular complexity index is 706. The first-order chi connectivity index (χ1) is 13.0. The van der Waals surface area contributed by atoms with E-state index in [9.17, 15) is 14.4 Å². The van der Waals surface area contributed by atoms with Crippen LogP contribution < -0.4 is 0 Å². The summed E-state index contributed by atoms with van der Waals surface area (Å²) in [6.07, 6.45) is 1.07. The number of ether oxygens (including phenoxy) is 1. The molecule has 1 unspecified atom stereocenters. The molecular weight excluding hydrogens is 356 g/mol. The summed E-state index contributed by atoms with van der Waals surface area (Å²) in [5.41, 5.74) is 1.75. The highest BCUT2D eigenvalue weighted by molar-refractivity contribution is 5.89. The van der Waals surface area contributed by atoms with Crippen molar-refractivity contribution in [1.82, 2.24) is 9.80 Å². The minimum Gasteiger partial charge on any atom is -0.460 e. The second-order valence-corrected chi connectivity index (χ2v) is 8.61. The second kappa shape index (κ2) is 9.22. The van der Waals surface area contributed by atoms with E-state index >= 15 is 0 Å². The Morgan fingerprint density at radius 3 is 2.46 bits per heavy atom. The Kier molecular flexibility index (Phi) is 7.22. The van der Waals surface area contributed by atoms with E-state index in [0.29, 0.717) is 26.1 Å². The van der Waals surface area contributed by atoms with Crippen LogP contribution in [0.4, 0.5) is 0 Å². The van der Waals surface area contributed by atoms with Gasteiger partial charge in [0.1, 0.15) is 5.60 Å². The molecule has 28 heavy (non-hydrogen) atoms. The molecule has 0 bridgehead atoms. The lowest BCUT2D eigenvalue weighted by Gasteiger charge is -2.22. The molecule has 1 saturated heterocycles. The van der Waals surface area contributed by atoms with E-state index in [1.165, 1.54) is 5.56 Å². The third-order valence-corrected chi connectivity index (χ3v) is 4.73. The summed E-state index contributed by atoms with van der Waals surface area (Å²) in [5, 5.41) is 0. The number of hydrogen-bond donors (Lipinski definition) is 0. The molecule has 6 heteroatoms. The third-order valence-electron chi connectivity index (χ3n) is 4.73. The van der Waals surface area contributed by atoms with E-state index in [1.54, 1.807) is 16.8 Å². The SMILES string of the molecule is Cc1ccc(CN2CC(C(=O)N(C)CCCC(=O)OC(C)(C)C)CC2=O)cc1. The number of rotatable bonds is 7. The van der Waals surface area contributed by atoms with E-state index in [0.717, 1.165) is 5.56 Å². The van der Waals surface area contributed by atoms with Crippen LogP contribution in [-0.2, 0) is 25.7 Å². The predicted octanol–water partition coefficient (Wildman–Crippen LogP) is 2.92. The summed E-state index contributed by atoms with van der Waals surface area (Å²) in [6, 6.07) is 8.08. The zero-order chi connectivity index (χ0) is 20.9. The third kappa shape index (κ3) is 6.66. The number of benzene rings is 1. The number of amides is 2. The van der Waals surface area contributed by atoms with Gasteiger partial charge in [-0.3, -0.25) is 14.4 Å². The molecule has 1 atom stereocenters. The number of carbonyl (C=O) groups excluding carboxylic acids is 3. The molecule has 0 saturated carbocycles. The van der Waals surface area contributed by atoms with Gasteiger partial charge in [0.25, 0.3) is 0 Å². The van der Waals surface area contributed by atoms with Crippen LogP contribution in [0.25, 0.3) is 0 Å². The molecule has 1 fully saturated rings. The second-order valence-electron chi connectivity index (χ2n) is 8.61. The van der Waals surface area contributed by atoms with E-state index in [-0.39, 0.29) is 36.5 Å². The fourth-order valence-electron chi connectivity index (χ4n) is 3.28. The highest BCUT2D eigenvalue weighted by atomic mass is 16.6. The van der Waals surface area contributed by atoms with Crippen molar-refractivity contribution < 1.29 is 19.1 Å². The molecule has 154 valence electrons. The number of carbonyl (C=O) groups is 3. The lowest BCUT2D eigenvalue weighted by Crippen LogP contribution is -2.35. The van der Waals surface area contributed by atoms with E-state index < -0.39 is 5.60 Å². The summed E-state index contributed by atoms with van der Waals surface area (Å²) in [6.45, 7) is 8.98. The Morgan fingerprint density at radius 2 is 1.86 bits per heavy atom. The quantitative estimate of drug-likeness (QED) is 0.674. The van der Waals surface area contributed by atoms with Crippen LogP contribution >= 0.6 is 0 Å². The predicted molar refractivity (Wildman–Crippen MR) is 107 cm³/mol. The summed E-state index contributed by atoms with van der Waals surface area (Å²) in [5.74, 6) is -0.594. The van der Waals surface area contributed by atoms with Crippen LogP contribution in [-0.4, -0.2) is 53.3 Å². The fourth-order valence-corrected chi connectivity index (χ4v) is 3.28. The summed E-state index contributed by atoms with van der Waals surface area (Å²) in [7, 11) is 1.73. The van der Waals surface area contributed by atoms with Gasteiger partial charge in [-0.1, -0.05) is 29.8 Å². The van der Waals surface area contributed by atoms with Gasteiger partial charge in [-0.2, -0.15) is 0 Å². The van der Waals surface area contributed by atoms with Gasteiger partial charge in [-0.25, -0.2) is 0 Å². The smallest absolute Gasteiger partial charge is 0.306 e. The topological polar surface area (TPSA) is 66.9 Å². The Hall–Kier alpha value is -2.37. The van der Waals surface area contributed by atoms with Gasteiger partial charge in [0.15, 0.2) is 0 Å². The molecule has 2 rings (SSSR count). The summed E-state index contributed by atoms with van der Waals surface area (Å²) < 4.78 is 5.28. The van der Waals surface area contributed by atoms with Crippen molar-refractivity contribution in [2.24, 2.45) is 5.92 Å². The molecule has 1 aromatic carbocycles. The van der Waals surface area contributed by atoms with Gasteiger partial charge in [0.05, 0.1) is 5.92 Å². The van der Waals surface area contributed by atoms with Gasteiger partial charge in [0, 0.05) is 39.5 Å². The Morgan fingerprint density at radius 1 is 1.21 bits per heavy atom. The van der Waals surface area contributed by atoms with E-state index in [1.807, 2.05) is 52.0 Å². The summed E-state index contributed by atoms with van der Waals surface area (Å²) >= 11 is 0. The minimum absolute atomic E-state index is 0.0149. The van der Waals surface area contributed by atoms with Crippen molar-refractivity contribution in [3.8, 4) is 0 Å². The lowest BCUT2D eigenvalue weighted by atomic mass is 10.1. The molecule has 0 aromatic heterocycles. The monoisotopic (exact) mass is 388 g/mol. The largest absolute Gasteiger partial charge is 0.460 e. The van der Waals surface area contributed by atoms with Gasteiger partial charge in [0.2, 0.25) is 11.8 Å². The average Bonchev–Trinajstić information content (AvgIpc) is 2.95. The van der Waals surface area contributed by atoms with Crippen molar-refractivity contribution in [3.05, 3.63) is 35.4 Å². The fraction of sp³-hybridized carbons (Fsp3) is 0.591. The molecule has 1 aliphatic rings. The maximum atomic E-state index is 12.7. The number of aryl methyl sites for hydroxylation is 1. The molecule has 0 spiro atoms. The highest BCUT2D eigenvalue weighted by Gasteiger charge is 2.35. The average molecular weight is 389 g/mol. The molecule has 0 radical (unpaired) electrons. The van der Waals surface area contributed by atoms with E-state index in [2.05, 4.69) is 0 Å². The molecule has 0 N–H and O–H groups in total. The normalized spacial score (nSPS) is 17.0. The molecule has 1 aliphatic heterocycles. The number of likely N-dealkylation sites (tertiary alicyclic amines) is 1. The first-order valence-electron chi connectivity index (χ1n) is 9.85. The van der Waals surface area contributed by atoms with Crippen LogP contribution in [0.1, 0.15) is 51.2 Å². The summed E-state index contributed by atoms with van der Waals surface area (Å²) in [4.78, 5) is 40.1. The molecule has 0 aliphatic carbocycles. The first kappa shape index (κ1) is 21.9. The van der Waals surface area contributed by atoms with Crippen molar-refractivity contribution in [2.45, 2.75) is 59.1 Å².